The molecule has 0 radical (unpaired) electrons. The number of hydrogen-bond acceptors (Lipinski definition) is 3. The van der Waals surface area contributed by atoms with Gasteiger partial charge in [0.25, 0.3) is 0 Å². The summed E-state index contributed by atoms with van der Waals surface area (Å²) < 4.78 is 25.8. The summed E-state index contributed by atoms with van der Waals surface area (Å²) >= 11 is 0. The molecule has 0 fully saturated rings. The summed E-state index contributed by atoms with van der Waals surface area (Å²) in [4.78, 5) is 12.7. The summed E-state index contributed by atoms with van der Waals surface area (Å²) in [6, 6.07) is 6.34. The Bertz CT molecular complexity index is 661. The van der Waals surface area contributed by atoms with Gasteiger partial charge < -0.3 is 5.32 Å². The molecule has 0 unspecified atom stereocenters. The Labute approximate surface area is 146 Å². The highest BCUT2D eigenvalue weighted by atomic mass is 32.2. The summed E-state index contributed by atoms with van der Waals surface area (Å²) in [5, 5.41) is 3.01. The summed E-state index contributed by atoms with van der Waals surface area (Å²) in [6.07, 6.45) is 1.13. The van der Waals surface area contributed by atoms with E-state index in [0.29, 0.717) is 5.69 Å². The topological polar surface area (TPSA) is 66.5 Å². The Hall–Kier alpha value is -1.56. The van der Waals surface area contributed by atoms with Crippen molar-refractivity contribution in [3.05, 3.63) is 29.8 Å². The van der Waals surface area contributed by atoms with Crippen molar-refractivity contribution in [3.63, 3.8) is 0 Å². The molecule has 1 rings (SSSR count). The highest BCUT2D eigenvalue weighted by Gasteiger charge is 2.31. The monoisotopic (exact) mass is 354 g/mol. The molecule has 136 valence electrons. The molecule has 1 atom stereocenters. The molecule has 1 N–H and O–H groups in total. The van der Waals surface area contributed by atoms with Crippen LogP contribution in [0.15, 0.2) is 24.3 Å². The summed E-state index contributed by atoms with van der Waals surface area (Å²) in [7, 11) is -3.58. The van der Waals surface area contributed by atoms with E-state index in [9.17, 15) is 13.2 Å². The van der Waals surface area contributed by atoms with Crippen molar-refractivity contribution in [2.45, 2.75) is 53.6 Å². The normalized spacial score (nSPS) is 13.4. The van der Waals surface area contributed by atoms with Crippen molar-refractivity contribution in [2.24, 2.45) is 11.8 Å². The minimum absolute atomic E-state index is 0.00105. The number of benzene rings is 1. The standard InChI is InChI=1S/C18H30N2O3S/c1-12(2)17(13(3)4)19-18(21)15(6)20(24(7,22)23)16-10-8-9-14(5)11-16/h8-13,15,17H,1-7H3,(H,19,21)/t15-/m1/s1. The van der Waals surface area contributed by atoms with Crippen LogP contribution in [0.3, 0.4) is 0 Å². The lowest BCUT2D eigenvalue weighted by atomic mass is 9.93. The molecule has 0 aliphatic heterocycles. The number of nitrogens with one attached hydrogen (secondary N) is 1. The van der Waals surface area contributed by atoms with Gasteiger partial charge >= 0.3 is 0 Å². The second-order valence-corrected chi connectivity index (χ2v) is 8.96. The number of anilines is 1. The van der Waals surface area contributed by atoms with Gasteiger partial charge in [-0.15, -0.1) is 0 Å². The number of aryl methyl sites for hydroxylation is 1. The summed E-state index contributed by atoms with van der Waals surface area (Å²) in [5.41, 5.74) is 1.45. The molecule has 6 heteroatoms. The molecule has 0 saturated heterocycles. The third kappa shape index (κ3) is 5.23. The van der Waals surface area contributed by atoms with E-state index in [4.69, 9.17) is 0 Å². The Kier molecular flexibility index (Phi) is 6.84. The van der Waals surface area contributed by atoms with E-state index in [-0.39, 0.29) is 23.8 Å². The van der Waals surface area contributed by atoms with Crippen LogP contribution in [-0.2, 0) is 14.8 Å². The Balaban J connectivity index is 3.14. The molecule has 0 saturated carbocycles. The molecule has 0 aliphatic rings. The number of amides is 1. The Morgan fingerprint density at radius 2 is 1.62 bits per heavy atom. The molecule has 0 spiro atoms. The average molecular weight is 355 g/mol. The van der Waals surface area contributed by atoms with Crippen molar-refractivity contribution in [3.8, 4) is 0 Å². The van der Waals surface area contributed by atoms with Gasteiger partial charge in [-0.1, -0.05) is 39.8 Å². The second-order valence-electron chi connectivity index (χ2n) is 7.10. The molecular weight excluding hydrogens is 324 g/mol. The van der Waals surface area contributed by atoms with Crippen LogP contribution in [-0.4, -0.2) is 32.7 Å². The fraction of sp³-hybridized carbons (Fsp3) is 0.611. The molecule has 1 aromatic carbocycles. The van der Waals surface area contributed by atoms with Crippen molar-refractivity contribution >= 4 is 21.6 Å². The van der Waals surface area contributed by atoms with Crippen LogP contribution in [0.4, 0.5) is 5.69 Å². The lowest BCUT2D eigenvalue weighted by Gasteiger charge is -2.32. The van der Waals surface area contributed by atoms with Crippen LogP contribution in [0.2, 0.25) is 0 Å². The van der Waals surface area contributed by atoms with E-state index in [1.54, 1.807) is 25.1 Å². The number of hydrogen-bond donors (Lipinski definition) is 1. The number of rotatable bonds is 7. The molecule has 0 aromatic heterocycles. The maximum atomic E-state index is 12.7. The fourth-order valence-corrected chi connectivity index (χ4v) is 4.13. The molecule has 0 aliphatic carbocycles. The highest BCUT2D eigenvalue weighted by Crippen LogP contribution is 2.22. The number of carbonyl (C=O) groups excluding carboxylic acids is 1. The zero-order valence-corrected chi connectivity index (χ0v) is 16.5. The first kappa shape index (κ1) is 20.5. The summed E-state index contributed by atoms with van der Waals surface area (Å²) in [5.74, 6) is 0.257. The smallest absolute Gasteiger partial charge is 0.243 e. The first-order valence-electron chi connectivity index (χ1n) is 8.31. The quantitative estimate of drug-likeness (QED) is 0.819. The van der Waals surface area contributed by atoms with Crippen LogP contribution in [0.1, 0.15) is 40.2 Å². The van der Waals surface area contributed by atoms with Gasteiger partial charge in [-0.2, -0.15) is 0 Å². The zero-order chi connectivity index (χ0) is 18.7. The maximum absolute atomic E-state index is 12.7. The van der Waals surface area contributed by atoms with Gasteiger partial charge in [-0.25, -0.2) is 8.42 Å². The van der Waals surface area contributed by atoms with Gasteiger partial charge in [0.1, 0.15) is 6.04 Å². The highest BCUT2D eigenvalue weighted by molar-refractivity contribution is 7.92. The lowest BCUT2D eigenvalue weighted by molar-refractivity contribution is -0.123. The van der Waals surface area contributed by atoms with Gasteiger partial charge in [0, 0.05) is 6.04 Å². The third-order valence-corrected chi connectivity index (χ3v) is 5.33. The van der Waals surface area contributed by atoms with Gasteiger partial charge in [0.05, 0.1) is 11.9 Å². The van der Waals surface area contributed by atoms with Crippen LogP contribution in [0.5, 0.6) is 0 Å². The molecule has 0 heterocycles. The van der Waals surface area contributed by atoms with Crippen molar-refractivity contribution in [1.82, 2.24) is 5.32 Å². The minimum Gasteiger partial charge on any atom is -0.351 e. The zero-order valence-electron chi connectivity index (χ0n) is 15.7. The molecule has 1 aromatic rings. The van der Waals surface area contributed by atoms with Crippen LogP contribution in [0, 0.1) is 18.8 Å². The van der Waals surface area contributed by atoms with E-state index >= 15 is 0 Å². The van der Waals surface area contributed by atoms with Gasteiger partial charge in [-0.05, 0) is 43.4 Å². The molecule has 24 heavy (non-hydrogen) atoms. The largest absolute Gasteiger partial charge is 0.351 e. The van der Waals surface area contributed by atoms with E-state index in [1.165, 1.54) is 4.31 Å². The van der Waals surface area contributed by atoms with Gasteiger partial charge in [0.15, 0.2) is 0 Å². The van der Waals surface area contributed by atoms with Gasteiger partial charge in [0.2, 0.25) is 15.9 Å². The minimum atomic E-state index is -3.58. The molecular formula is C18H30N2O3S. The molecule has 0 bridgehead atoms. The van der Waals surface area contributed by atoms with Crippen LogP contribution >= 0.6 is 0 Å². The van der Waals surface area contributed by atoms with Gasteiger partial charge in [-0.3, -0.25) is 9.10 Å². The predicted molar refractivity (Wildman–Crippen MR) is 99.6 cm³/mol. The predicted octanol–water partition coefficient (Wildman–Crippen LogP) is 2.95. The van der Waals surface area contributed by atoms with E-state index < -0.39 is 16.1 Å². The Morgan fingerprint density at radius 3 is 2.04 bits per heavy atom. The average Bonchev–Trinajstić information content (AvgIpc) is 2.42. The number of sulfonamides is 1. The van der Waals surface area contributed by atoms with Crippen LogP contribution in [0.25, 0.3) is 0 Å². The van der Waals surface area contributed by atoms with E-state index in [2.05, 4.69) is 5.32 Å². The Morgan fingerprint density at radius 1 is 1.08 bits per heavy atom. The number of carbonyl (C=O) groups is 1. The van der Waals surface area contributed by atoms with E-state index in [0.717, 1.165) is 11.8 Å². The second kappa shape index (κ2) is 8.01. The third-order valence-electron chi connectivity index (χ3n) is 4.09. The van der Waals surface area contributed by atoms with Crippen molar-refractivity contribution in [1.29, 1.82) is 0 Å². The first-order valence-corrected chi connectivity index (χ1v) is 10.2. The lowest BCUT2D eigenvalue weighted by Crippen LogP contribution is -2.52. The maximum Gasteiger partial charge on any atom is 0.243 e. The summed E-state index contributed by atoms with van der Waals surface area (Å²) in [6.45, 7) is 11.7. The number of nitrogens with zero attached hydrogens (tertiary/aromatic N) is 1. The molecule has 1 amide bonds. The SMILES string of the molecule is Cc1cccc(N([C@H](C)C(=O)NC(C(C)C)C(C)C)S(C)(=O)=O)c1. The molecule has 5 nitrogen and oxygen atoms in total. The van der Waals surface area contributed by atoms with Crippen LogP contribution < -0.4 is 9.62 Å². The fourth-order valence-electron chi connectivity index (χ4n) is 2.96. The van der Waals surface area contributed by atoms with Crippen molar-refractivity contribution in [2.75, 3.05) is 10.6 Å². The van der Waals surface area contributed by atoms with E-state index in [1.807, 2.05) is 40.7 Å². The first-order chi connectivity index (χ1) is 10.9. The van der Waals surface area contributed by atoms with Crippen molar-refractivity contribution < 1.29 is 13.2 Å².